The summed E-state index contributed by atoms with van der Waals surface area (Å²) in [6.45, 7) is 9.32. The summed E-state index contributed by atoms with van der Waals surface area (Å²) in [6, 6.07) is -2.15. The summed E-state index contributed by atoms with van der Waals surface area (Å²) in [5, 5.41) is 5.55. The smallest absolute Gasteiger partial charge is 0.272 e. The summed E-state index contributed by atoms with van der Waals surface area (Å²) in [6.07, 6.45) is 9.11. The maximum Gasteiger partial charge on any atom is 0.272 e. The fraction of sp³-hybridized carbons (Fsp3) is 0.583. The van der Waals surface area contributed by atoms with Crippen LogP contribution in [0.2, 0.25) is 0 Å². The molecule has 1 saturated heterocycles. The van der Waals surface area contributed by atoms with Crippen LogP contribution in [0.15, 0.2) is 30.7 Å². The highest BCUT2D eigenvalue weighted by Crippen LogP contribution is 2.38. The van der Waals surface area contributed by atoms with Crippen molar-refractivity contribution in [3.63, 3.8) is 0 Å². The topological polar surface area (TPSA) is 121 Å². The van der Waals surface area contributed by atoms with E-state index in [2.05, 4.69) is 32.8 Å². The largest absolute Gasteiger partial charge is 0.342 e. The summed E-state index contributed by atoms with van der Waals surface area (Å²) < 4.78 is 0. The fourth-order valence-electron chi connectivity index (χ4n) is 4.71. The van der Waals surface area contributed by atoms with Crippen LogP contribution in [0.3, 0.4) is 0 Å². The van der Waals surface area contributed by atoms with Crippen molar-refractivity contribution in [1.29, 1.82) is 0 Å². The van der Waals surface area contributed by atoms with Crippen molar-refractivity contribution < 1.29 is 19.2 Å². The highest BCUT2D eigenvalue weighted by atomic mass is 16.2. The number of carbonyl (C=O) groups excluding carboxylic acids is 4. The predicted octanol–water partition coefficient (Wildman–Crippen LogP) is 1.36. The Morgan fingerprint density at radius 1 is 1.03 bits per heavy atom. The monoisotopic (exact) mass is 455 g/mol. The Hall–Kier alpha value is -3.10. The molecule has 1 aromatic heterocycles. The van der Waals surface area contributed by atoms with Gasteiger partial charge in [-0.15, -0.1) is 0 Å². The first-order chi connectivity index (χ1) is 15.6. The molecule has 9 nitrogen and oxygen atoms in total. The molecule has 9 heteroatoms. The lowest BCUT2D eigenvalue weighted by Gasteiger charge is -2.32. The molecule has 5 atom stereocenters. The normalized spacial score (nSPS) is 23.4. The number of Topliss-reactive ketones (excluding diaryl/α,β-unsaturated/α-hetero) is 1. The minimum atomic E-state index is -0.863. The molecule has 0 bridgehead atoms. The Labute approximate surface area is 194 Å². The maximum absolute atomic E-state index is 13.5. The van der Waals surface area contributed by atoms with Crippen LogP contribution >= 0.6 is 0 Å². The van der Waals surface area contributed by atoms with Crippen molar-refractivity contribution in [2.75, 3.05) is 6.54 Å². The zero-order valence-corrected chi connectivity index (χ0v) is 19.8. The van der Waals surface area contributed by atoms with Gasteiger partial charge in [0, 0.05) is 18.9 Å². The van der Waals surface area contributed by atoms with E-state index < -0.39 is 29.9 Å². The van der Waals surface area contributed by atoms with Crippen molar-refractivity contribution in [3.05, 3.63) is 36.4 Å². The Bertz CT molecular complexity index is 930. The molecule has 1 aliphatic heterocycles. The Balaban J connectivity index is 1.75. The summed E-state index contributed by atoms with van der Waals surface area (Å²) in [5.41, 5.74) is 0.105. The summed E-state index contributed by atoms with van der Waals surface area (Å²) in [5.74, 6) is -1.42. The molecule has 0 saturated carbocycles. The third kappa shape index (κ3) is 5.29. The number of fused-ring (bicyclic) bond motifs is 1. The average molecular weight is 456 g/mol. The van der Waals surface area contributed by atoms with Gasteiger partial charge in [0.15, 0.2) is 5.78 Å². The Morgan fingerprint density at radius 2 is 1.73 bits per heavy atom. The highest BCUT2D eigenvalue weighted by molar-refractivity contribution is 5.98. The summed E-state index contributed by atoms with van der Waals surface area (Å²) in [4.78, 5) is 61.2. The summed E-state index contributed by atoms with van der Waals surface area (Å²) >= 11 is 0. The second-order valence-electron chi connectivity index (χ2n) is 9.55. The zero-order chi connectivity index (χ0) is 24.3. The van der Waals surface area contributed by atoms with Crippen LogP contribution in [0, 0.1) is 23.7 Å². The van der Waals surface area contributed by atoms with Gasteiger partial charge in [-0.3, -0.25) is 24.2 Å². The van der Waals surface area contributed by atoms with E-state index in [9.17, 15) is 19.2 Å². The first-order valence-corrected chi connectivity index (χ1v) is 11.5. The minimum Gasteiger partial charge on any atom is -0.342 e. The summed E-state index contributed by atoms with van der Waals surface area (Å²) in [7, 11) is 0. The Kier molecular flexibility index (Phi) is 7.61. The van der Waals surface area contributed by atoms with Crippen molar-refractivity contribution in [1.82, 2.24) is 25.5 Å². The molecule has 0 spiro atoms. The lowest BCUT2D eigenvalue weighted by atomic mass is 9.91. The van der Waals surface area contributed by atoms with E-state index in [1.165, 1.54) is 25.5 Å². The third-order valence-electron chi connectivity index (χ3n) is 6.45. The molecule has 2 aliphatic rings. The number of hydrogen-bond donors (Lipinski definition) is 2. The molecule has 0 aromatic carbocycles. The molecule has 1 aliphatic carbocycles. The van der Waals surface area contributed by atoms with Crippen molar-refractivity contribution >= 4 is 23.5 Å². The number of amides is 3. The van der Waals surface area contributed by atoms with Crippen molar-refractivity contribution in [2.45, 2.75) is 59.2 Å². The number of ketones is 1. The van der Waals surface area contributed by atoms with Crippen molar-refractivity contribution in [3.8, 4) is 0 Å². The molecule has 178 valence electrons. The first-order valence-electron chi connectivity index (χ1n) is 11.5. The second-order valence-corrected chi connectivity index (χ2v) is 9.55. The predicted molar refractivity (Wildman–Crippen MR) is 122 cm³/mol. The zero-order valence-electron chi connectivity index (χ0n) is 19.8. The fourth-order valence-corrected chi connectivity index (χ4v) is 4.71. The van der Waals surface area contributed by atoms with Gasteiger partial charge < -0.3 is 15.5 Å². The number of nitrogens with zero attached hydrogens (tertiary/aromatic N) is 3. The van der Waals surface area contributed by atoms with Gasteiger partial charge in [0.05, 0.1) is 12.2 Å². The number of likely N-dealkylation sites (tertiary alicyclic amines) is 1. The molecule has 1 unspecified atom stereocenters. The SMILES string of the molecule is CC(=O)C1[C@H]2CC=C[C@H]2CN1C(=O)[C@@H](NC(=O)[C@@H](NC(=O)c1cnccn1)C(C)C)C(C)C. The van der Waals surface area contributed by atoms with Gasteiger partial charge in [0.1, 0.15) is 17.8 Å². The third-order valence-corrected chi connectivity index (χ3v) is 6.45. The van der Waals surface area contributed by atoms with Crippen LogP contribution in [0.25, 0.3) is 0 Å². The van der Waals surface area contributed by atoms with Crippen LogP contribution in [0.1, 0.15) is 51.5 Å². The molecular weight excluding hydrogens is 422 g/mol. The van der Waals surface area contributed by atoms with Crippen LogP contribution in [0.5, 0.6) is 0 Å². The quantitative estimate of drug-likeness (QED) is 0.571. The number of hydrogen-bond acceptors (Lipinski definition) is 6. The molecule has 1 aromatic rings. The molecule has 2 N–H and O–H groups in total. The minimum absolute atomic E-state index is 0.0373. The number of aromatic nitrogens is 2. The van der Waals surface area contributed by atoms with Gasteiger partial charge >= 0.3 is 0 Å². The maximum atomic E-state index is 13.5. The highest BCUT2D eigenvalue weighted by Gasteiger charge is 2.48. The van der Waals surface area contributed by atoms with E-state index in [1.54, 1.807) is 4.90 Å². The van der Waals surface area contributed by atoms with Gasteiger partial charge in [-0.05, 0) is 37.0 Å². The molecule has 2 heterocycles. The molecular formula is C24H33N5O4. The van der Waals surface area contributed by atoms with Crippen molar-refractivity contribution in [2.24, 2.45) is 23.7 Å². The number of rotatable bonds is 8. The average Bonchev–Trinajstić information content (AvgIpc) is 3.36. The van der Waals surface area contributed by atoms with Crippen LogP contribution in [-0.2, 0) is 14.4 Å². The van der Waals surface area contributed by atoms with Gasteiger partial charge in [-0.1, -0.05) is 39.8 Å². The molecule has 3 rings (SSSR count). The van der Waals surface area contributed by atoms with E-state index in [4.69, 9.17) is 0 Å². The van der Waals surface area contributed by atoms with Crippen LogP contribution < -0.4 is 10.6 Å². The van der Waals surface area contributed by atoms with Crippen LogP contribution in [-0.4, -0.2) is 63.0 Å². The molecule has 1 fully saturated rings. The van der Waals surface area contributed by atoms with E-state index in [-0.39, 0.29) is 41.1 Å². The lowest BCUT2D eigenvalue weighted by Crippen LogP contribution is -2.58. The van der Waals surface area contributed by atoms with Crippen LogP contribution in [0.4, 0.5) is 0 Å². The van der Waals surface area contributed by atoms with Gasteiger partial charge in [-0.2, -0.15) is 0 Å². The first kappa shape index (κ1) is 24.5. The lowest BCUT2D eigenvalue weighted by molar-refractivity contribution is -0.142. The van der Waals surface area contributed by atoms with Gasteiger partial charge in [-0.25, -0.2) is 4.98 Å². The number of allylic oxidation sites excluding steroid dienone is 1. The molecule has 0 radical (unpaired) electrons. The van der Waals surface area contributed by atoms with E-state index in [1.807, 2.05) is 27.7 Å². The standard InChI is InChI=1S/C24H33N5O4/c1-13(2)19(27-22(31)18-11-25-9-10-26-18)23(32)28-20(14(3)4)24(33)29-12-16-7-6-8-17(16)21(29)15(5)30/h6-7,9-11,13-14,16-17,19-21H,8,12H2,1-5H3,(H,27,31)(H,28,32)/t16-,17-,19-,20-,21?/m0/s1. The van der Waals surface area contributed by atoms with Gasteiger partial charge in [0.25, 0.3) is 5.91 Å². The Morgan fingerprint density at radius 3 is 2.30 bits per heavy atom. The van der Waals surface area contributed by atoms with E-state index >= 15 is 0 Å². The van der Waals surface area contributed by atoms with E-state index in [0.717, 1.165) is 6.42 Å². The van der Waals surface area contributed by atoms with Gasteiger partial charge in [0.2, 0.25) is 11.8 Å². The molecule has 3 amide bonds. The number of nitrogens with one attached hydrogen (secondary N) is 2. The molecule has 33 heavy (non-hydrogen) atoms. The van der Waals surface area contributed by atoms with E-state index in [0.29, 0.717) is 6.54 Å². The second kappa shape index (κ2) is 10.2. The number of carbonyl (C=O) groups is 4.